The zero-order valence-electron chi connectivity index (χ0n) is 10.4. The van der Waals surface area contributed by atoms with Crippen molar-refractivity contribution in [2.24, 2.45) is 5.92 Å². The van der Waals surface area contributed by atoms with E-state index in [9.17, 15) is 0 Å². The molecular weight excluding hydrogens is 358 g/mol. The minimum absolute atomic E-state index is 0.730. The van der Waals surface area contributed by atoms with E-state index in [1.807, 2.05) is 12.1 Å². The van der Waals surface area contributed by atoms with Gasteiger partial charge in [0.05, 0.1) is 15.6 Å². The Morgan fingerprint density at radius 3 is 2.33 bits per heavy atom. The number of benzene rings is 1. The molecule has 18 heavy (non-hydrogen) atoms. The zero-order valence-corrected chi connectivity index (χ0v) is 13.6. The van der Waals surface area contributed by atoms with Crippen molar-refractivity contribution in [3.8, 4) is 5.75 Å². The maximum absolute atomic E-state index is 5.88. The van der Waals surface area contributed by atoms with Crippen LogP contribution in [-0.2, 0) is 0 Å². The molecule has 1 aliphatic carbocycles. The predicted molar refractivity (Wildman–Crippen MR) is 82.9 cm³/mol. The fraction of sp³-hybridized carbons (Fsp3) is 0.571. The van der Waals surface area contributed by atoms with Crippen molar-refractivity contribution in [2.45, 2.75) is 38.5 Å². The van der Waals surface area contributed by atoms with Gasteiger partial charge in [-0.1, -0.05) is 32.1 Å². The van der Waals surface area contributed by atoms with Crippen LogP contribution in [0.25, 0.3) is 0 Å². The molecule has 2 nitrogen and oxygen atoms in total. The summed E-state index contributed by atoms with van der Waals surface area (Å²) in [7, 11) is 0. The normalized spacial score (nSPS) is 16.8. The van der Waals surface area contributed by atoms with Gasteiger partial charge in [0, 0.05) is 5.69 Å². The third kappa shape index (κ3) is 3.89. The van der Waals surface area contributed by atoms with E-state index < -0.39 is 0 Å². The third-order valence-corrected chi connectivity index (χ3v) is 4.70. The molecule has 0 unspecified atom stereocenters. The Morgan fingerprint density at radius 1 is 1.11 bits per heavy atom. The van der Waals surface area contributed by atoms with Crippen molar-refractivity contribution in [1.82, 2.24) is 0 Å². The highest BCUT2D eigenvalue weighted by molar-refractivity contribution is 9.11. The molecule has 1 saturated carbocycles. The molecule has 0 bridgehead atoms. The van der Waals surface area contributed by atoms with Gasteiger partial charge in [0.25, 0.3) is 0 Å². The van der Waals surface area contributed by atoms with Gasteiger partial charge in [-0.2, -0.15) is 0 Å². The molecular formula is C14H19Br2NO. The van der Waals surface area contributed by atoms with Crippen molar-refractivity contribution >= 4 is 37.5 Å². The van der Waals surface area contributed by atoms with Gasteiger partial charge in [-0.3, -0.25) is 0 Å². The van der Waals surface area contributed by atoms with Gasteiger partial charge in [-0.05, 0) is 56.3 Å². The summed E-state index contributed by atoms with van der Waals surface area (Å²) in [6.07, 6.45) is 8.08. The van der Waals surface area contributed by atoms with Gasteiger partial charge in [0.2, 0.25) is 0 Å². The number of halogens is 2. The second-order valence-electron chi connectivity index (χ2n) is 4.95. The number of nitrogens with two attached hydrogens (primary N) is 1. The first-order valence-corrected chi connectivity index (χ1v) is 8.12. The second kappa shape index (κ2) is 6.80. The molecule has 0 saturated heterocycles. The number of nitrogen functional groups attached to an aromatic ring is 1. The van der Waals surface area contributed by atoms with Crippen LogP contribution in [0.1, 0.15) is 38.5 Å². The Morgan fingerprint density at radius 2 is 1.72 bits per heavy atom. The lowest BCUT2D eigenvalue weighted by atomic mass is 9.87. The average molecular weight is 377 g/mol. The number of rotatable bonds is 4. The Balaban J connectivity index is 1.86. The quantitative estimate of drug-likeness (QED) is 0.738. The maximum atomic E-state index is 5.88. The average Bonchev–Trinajstić information content (AvgIpc) is 2.34. The van der Waals surface area contributed by atoms with Gasteiger partial charge in [0.15, 0.2) is 0 Å². The molecule has 4 heteroatoms. The van der Waals surface area contributed by atoms with Crippen LogP contribution in [0.5, 0.6) is 5.75 Å². The summed E-state index contributed by atoms with van der Waals surface area (Å²) in [5.41, 5.74) is 6.49. The summed E-state index contributed by atoms with van der Waals surface area (Å²) in [6.45, 7) is 0.784. The van der Waals surface area contributed by atoms with E-state index in [-0.39, 0.29) is 0 Å². The third-order valence-electron chi connectivity index (χ3n) is 3.52. The van der Waals surface area contributed by atoms with E-state index in [2.05, 4.69) is 31.9 Å². The first-order valence-electron chi connectivity index (χ1n) is 6.54. The van der Waals surface area contributed by atoms with Crippen LogP contribution >= 0.6 is 31.9 Å². The van der Waals surface area contributed by atoms with Gasteiger partial charge in [0.1, 0.15) is 5.75 Å². The van der Waals surface area contributed by atoms with E-state index in [1.54, 1.807) is 0 Å². The summed E-state index contributed by atoms with van der Waals surface area (Å²) in [5, 5.41) is 0. The van der Waals surface area contributed by atoms with Crippen molar-refractivity contribution in [2.75, 3.05) is 12.3 Å². The van der Waals surface area contributed by atoms with Gasteiger partial charge in [-0.25, -0.2) is 0 Å². The van der Waals surface area contributed by atoms with Crippen molar-refractivity contribution < 1.29 is 4.74 Å². The maximum Gasteiger partial charge on any atom is 0.147 e. The second-order valence-corrected chi connectivity index (χ2v) is 6.66. The molecule has 0 heterocycles. The summed E-state index contributed by atoms with van der Waals surface area (Å²) in [5.74, 6) is 1.71. The molecule has 0 spiro atoms. The molecule has 0 amide bonds. The molecule has 0 atom stereocenters. The molecule has 1 aliphatic rings. The monoisotopic (exact) mass is 375 g/mol. The highest BCUT2D eigenvalue weighted by atomic mass is 79.9. The molecule has 2 N–H and O–H groups in total. The van der Waals surface area contributed by atoms with E-state index in [1.165, 1.54) is 32.1 Å². The first kappa shape index (κ1) is 14.2. The van der Waals surface area contributed by atoms with Crippen LogP contribution in [0, 0.1) is 5.92 Å². The largest absolute Gasteiger partial charge is 0.491 e. The molecule has 1 aromatic carbocycles. The minimum Gasteiger partial charge on any atom is -0.491 e. The SMILES string of the molecule is Nc1cc(Br)c(OCCC2CCCCC2)c(Br)c1. The molecule has 0 radical (unpaired) electrons. The zero-order chi connectivity index (χ0) is 13.0. The molecule has 2 rings (SSSR count). The molecule has 1 aromatic rings. The Kier molecular flexibility index (Phi) is 5.37. The Hall–Kier alpha value is -0.220. The molecule has 100 valence electrons. The molecule has 0 aliphatic heterocycles. The van der Waals surface area contributed by atoms with Crippen LogP contribution in [0.4, 0.5) is 5.69 Å². The lowest BCUT2D eigenvalue weighted by Gasteiger charge is -2.21. The summed E-state index contributed by atoms with van der Waals surface area (Å²) in [6, 6.07) is 3.75. The van der Waals surface area contributed by atoms with Crippen LogP contribution in [0.3, 0.4) is 0 Å². The fourth-order valence-corrected chi connectivity index (χ4v) is 3.97. The summed E-state index contributed by atoms with van der Waals surface area (Å²) >= 11 is 6.98. The first-order chi connectivity index (χ1) is 8.66. The van der Waals surface area contributed by atoms with E-state index in [4.69, 9.17) is 10.5 Å². The minimum atomic E-state index is 0.730. The molecule has 1 fully saturated rings. The number of anilines is 1. The number of hydrogen-bond acceptors (Lipinski definition) is 2. The van der Waals surface area contributed by atoms with Crippen molar-refractivity contribution in [3.63, 3.8) is 0 Å². The van der Waals surface area contributed by atoms with Crippen molar-refractivity contribution in [3.05, 3.63) is 21.1 Å². The Bertz CT molecular complexity index is 380. The van der Waals surface area contributed by atoms with Crippen LogP contribution in [-0.4, -0.2) is 6.61 Å². The highest BCUT2D eigenvalue weighted by Crippen LogP contribution is 2.36. The van der Waals surface area contributed by atoms with Gasteiger partial charge >= 0.3 is 0 Å². The topological polar surface area (TPSA) is 35.2 Å². The van der Waals surface area contributed by atoms with Gasteiger partial charge in [-0.15, -0.1) is 0 Å². The van der Waals surface area contributed by atoms with E-state index >= 15 is 0 Å². The smallest absolute Gasteiger partial charge is 0.147 e. The predicted octanol–water partition coefficient (Wildman–Crippen LogP) is 5.14. The van der Waals surface area contributed by atoms with Crippen molar-refractivity contribution in [1.29, 1.82) is 0 Å². The Labute approximate surface area is 126 Å². The van der Waals surface area contributed by atoms with Crippen LogP contribution < -0.4 is 10.5 Å². The van der Waals surface area contributed by atoms with E-state index in [0.29, 0.717) is 0 Å². The number of hydrogen-bond donors (Lipinski definition) is 1. The van der Waals surface area contributed by atoms with Crippen LogP contribution in [0.15, 0.2) is 21.1 Å². The van der Waals surface area contributed by atoms with Gasteiger partial charge < -0.3 is 10.5 Å². The summed E-state index contributed by atoms with van der Waals surface area (Å²) in [4.78, 5) is 0. The number of ether oxygens (including phenoxy) is 1. The molecule has 0 aromatic heterocycles. The fourth-order valence-electron chi connectivity index (χ4n) is 2.52. The lowest BCUT2D eigenvalue weighted by molar-refractivity contribution is 0.244. The lowest BCUT2D eigenvalue weighted by Crippen LogP contribution is -2.11. The summed E-state index contributed by atoms with van der Waals surface area (Å²) < 4.78 is 7.71. The highest BCUT2D eigenvalue weighted by Gasteiger charge is 2.14. The van der Waals surface area contributed by atoms with Crippen LogP contribution in [0.2, 0.25) is 0 Å². The standard InChI is InChI=1S/C14H19Br2NO/c15-12-8-11(17)9-13(16)14(12)18-7-6-10-4-2-1-3-5-10/h8-10H,1-7,17H2. The van der Waals surface area contributed by atoms with E-state index in [0.717, 1.165) is 39.3 Å².